The van der Waals surface area contributed by atoms with Gasteiger partial charge in [-0.2, -0.15) is 0 Å². The summed E-state index contributed by atoms with van der Waals surface area (Å²) in [6.07, 6.45) is -0.0830. The van der Waals surface area contributed by atoms with Crippen LogP contribution in [0, 0.1) is 5.92 Å². The molecule has 92 valence electrons. The molecule has 0 aliphatic rings. The monoisotopic (exact) mass is 254 g/mol. The summed E-state index contributed by atoms with van der Waals surface area (Å²) in [5.74, 6) is 0.0984. The van der Waals surface area contributed by atoms with E-state index in [1.807, 2.05) is 0 Å². The van der Waals surface area contributed by atoms with E-state index in [4.69, 9.17) is 16.3 Å². The van der Waals surface area contributed by atoms with Crippen molar-refractivity contribution in [2.24, 2.45) is 5.92 Å². The fraction of sp³-hybridized carbons (Fsp3) is 0.385. The average molecular weight is 255 g/mol. The van der Waals surface area contributed by atoms with Crippen molar-refractivity contribution >= 4 is 23.2 Å². The van der Waals surface area contributed by atoms with Crippen molar-refractivity contribution in [1.82, 2.24) is 0 Å². The molecule has 3 nitrogen and oxygen atoms in total. The maximum atomic E-state index is 11.8. The Morgan fingerprint density at radius 3 is 2.47 bits per heavy atom. The van der Waals surface area contributed by atoms with Gasteiger partial charge in [0.05, 0.1) is 18.6 Å². The lowest BCUT2D eigenvalue weighted by molar-refractivity contribution is -0.121. The Balaban J connectivity index is 2.83. The molecule has 1 rings (SSSR count). The number of benzene rings is 1. The first-order valence-corrected chi connectivity index (χ1v) is 5.73. The maximum absolute atomic E-state index is 11.8. The van der Waals surface area contributed by atoms with Gasteiger partial charge in [0.25, 0.3) is 0 Å². The first kappa shape index (κ1) is 13.7. The van der Waals surface area contributed by atoms with Crippen molar-refractivity contribution in [1.29, 1.82) is 0 Å². The van der Waals surface area contributed by atoms with Gasteiger partial charge in [-0.15, -0.1) is 0 Å². The lowest BCUT2D eigenvalue weighted by Gasteiger charge is -2.06. The van der Waals surface area contributed by atoms with E-state index in [0.29, 0.717) is 16.3 Å². The maximum Gasteiger partial charge on any atom is 0.170 e. The summed E-state index contributed by atoms with van der Waals surface area (Å²) in [4.78, 5) is 23.2. The third-order valence-corrected chi connectivity index (χ3v) is 2.75. The second-order valence-electron chi connectivity index (χ2n) is 4.07. The number of carbonyl (C=O) groups excluding carboxylic acids is 2. The van der Waals surface area contributed by atoms with Crippen LogP contribution in [0.4, 0.5) is 0 Å². The van der Waals surface area contributed by atoms with E-state index in [0.717, 1.165) is 0 Å². The van der Waals surface area contributed by atoms with Gasteiger partial charge < -0.3 is 4.74 Å². The molecule has 1 aromatic carbocycles. The standard InChI is InChI=1S/C13H15ClO3/c1-8(2)11(15)7-12(16)9-4-5-13(17-3)10(14)6-9/h4-6,8H,7H2,1-3H3. The number of Topliss-reactive ketones (excluding diaryl/α,β-unsaturated/α-hetero) is 2. The molecule has 17 heavy (non-hydrogen) atoms. The van der Waals surface area contributed by atoms with Gasteiger partial charge in [0.15, 0.2) is 5.78 Å². The van der Waals surface area contributed by atoms with Gasteiger partial charge >= 0.3 is 0 Å². The van der Waals surface area contributed by atoms with Crippen molar-refractivity contribution in [2.75, 3.05) is 7.11 Å². The van der Waals surface area contributed by atoms with Gasteiger partial charge in [-0.1, -0.05) is 25.4 Å². The normalized spacial score (nSPS) is 10.4. The molecular weight excluding hydrogens is 240 g/mol. The molecule has 4 heteroatoms. The van der Waals surface area contributed by atoms with Gasteiger partial charge in [-0.3, -0.25) is 9.59 Å². The molecule has 0 fully saturated rings. The number of carbonyl (C=O) groups is 2. The zero-order chi connectivity index (χ0) is 13.0. The molecule has 0 saturated carbocycles. The molecule has 0 spiro atoms. The number of rotatable bonds is 5. The summed E-state index contributed by atoms with van der Waals surface area (Å²) in [5, 5.41) is 0.371. The molecule has 0 atom stereocenters. The summed E-state index contributed by atoms with van der Waals surface area (Å²) in [5.41, 5.74) is 0.435. The minimum atomic E-state index is -0.215. The van der Waals surface area contributed by atoms with Crippen LogP contribution in [0.5, 0.6) is 5.75 Å². The molecule has 0 amide bonds. The zero-order valence-corrected chi connectivity index (χ0v) is 10.9. The Morgan fingerprint density at radius 1 is 1.35 bits per heavy atom. The van der Waals surface area contributed by atoms with E-state index in [1.54, 1.807) is 26.0 Å². The largest absolute Gasteiger partial charge is 0.495 e. The van der Waals surface area contributed by atoms with Crippen molar-refractivity contribution in [2.45, 2.75) is 20.3 Å². The first-order chi connectivity index (χ1) is 7.95. The molecule has 0 saturated heterocycles. The van der Waals surface area contributed by atoms with Crippen LogP contribution in [0.15, 0.2) is 18.2 Å². The number of methoxy groups -OCH3 is 1. The van der Waals surface area contributed by atoms with Gasteiger partial charge in [0, 0.05) is 11.5 Å². The summed E-state index contributed by atoms with van der Waals surface area (Å²) in [7, 11) is 1.50. The summed E-state index contributed by atoms with van der Waals surface area (Å²) < 4.78 is 4.99. The summed E-state index contributed by atoms with van der Waals surface area (Å²) in [6, 6.07) is 4.76. The lowest BCUT2D eigenvalue weighted by atomic mass is 10.00. The smallest absolute Gasteiger partial charge is 0.170 e. The van der Waals surface area contributed by atoms with Crippen LogP contribution >= 0.6 is 11.6 Å². The quantitative estimate of drug-likeness (QED) is 0.599. The van der Waals surface area contributed by atoms with Crippen molar-refractivity contribution < 1.29 is 14.3 Å². The van der Waals surface area contributed by atoms with Crippen molar-refractivity contribution in [3.63, 3.8) is 0 Å². The highest BCUT2D eigenvalue weighted by Gasteiger charge is 2.15. The number of ketones is 2. The van der Waals surface area contributed by atoms with Crippen LogP contribution in [-0.4, -0.2) is 18.7 Å². The van der Waals surface area contributed by atoms with Gasteiger partial charge in [0.1, 0.15) is 11.5 Å². The summed E-state index contributed by atoms with van der Waals surface area (Å²) in [6.45, 7) is 3.55. The molecule has 0 unspecified atom stereocenters. The summed E-state index contributed by atoms with van der Waals surface area (Å²) >= 11 is 5.91. The Labute approximate surface area is 106 Å². The van der Waals surface area contributed by atoms with Crippen LogP contribution < -0.4 is 4.74 Å². The van der Waals surface area contributed by atoms with Crippen LogP contribution in [-0.2, 0) is 4.79 Å². The minimum Gasteiger partial charge on any atom is -0.495 e. The average Bonchev–Trinajstić information content (AvgIpc) is 2.28. The Kier molecular flexibility index (Phi) is 4.70. The number of hydrogen-bond donors (Lipinski definition) is 0. The molecule has 0 aliphatic carbocycles. The van der Waals surface area contributed by atoms with Crippen LogP contribution in [0.1, 0.15) is 30.6 Å². The second kappa shape index (κ2) is 5.82. The third kappa shape index (κ3) is 3.56. The SMILES string of the molecule is COc1ccc(C(=O)CC(=O)C(C)C)cc1Cl. The third-order valence-electron chi connectivity index (χ3n) is 2.45. The number of hydrogen-bond acceptors (Lipinski definition) is 3. The predicted octanol–water partition coefficient (Wildman–Crippen LogP) is 3.15. The highest BCUT2D eigenvalue weighted by atomic mass is 35.5. The highest BCUT2D eigenvalue weighted by molar-refractivity contribution is 6.32. The number of halogens is 1. The van der Waals surface area contributed by atoms with Crippen LogP contribution in [0.2, 0.25) is 5.02 Å². The first-order valence-electron chi connectivity index (χ1n) is 5.35. The van der Waals surface area contributed by atoms with Crippen LogP contribution in [0.25, 0.3) is 0 Å². The van der Waals surface area contributed by atoms with Crippen molar-refractivity contribution in [3.8, 4) is 5.75 Å². The molecule has 0 bridgehead atoms. The van der Waals surface area contributed by atoms with E-state index in [2.05, 4.69) is 0 Å². The minimum absolute atomic E-state index is 0.0676. The molecule has 0 N–H and O–H groups in total. The molecule has 0 aliphatic heterocycles. The second-order valence-corrected chi connectivity index (χ2v) is 4.48. The Bertz CT molecular complexity index is 438. The van der Waals surface area contributed by atoms with E-state index < -0.39 is 0 Å². The zero-order valence-electron chi connectivity index (χ0n) is 10.1. The Hall–Kier alpha value is -1.35. The predicted molar refractivity (Wildman–Crippen MR) is 66.8 cm³/mol. The lowest BCUT2D eigenvalue weighted by Crippen LogP contribution is -2.13. The highest BCUT2D eigenvalue weighted by Crippen LogP contribution is 2.25. The van der Waals surface area contributed by atoms with Crippen molar-refractivity contribution in [3.05, 3.63) is 28.8 Å². The van der Waals surface area contributed by atoms with Gasteiger partial charge in [0.2, 0.25) is 0 Å². The molecule has 0 heterocycles. The fourth-order valence-corrected chi connectivity index (χ4v) is 1.56. The van der Waals surface area contributed by atoms with E-state index in [-0.39, 0.29) is 23.9 Å². The van der Waals surface area contributed by atoms with E-state index in [9.17, 15) is 9.59 Å². The van der Waals surface area contributed by atoms with Crippen LogP contribution in [0.3, 0.4) is 0 Å². The van der Waals surface area contributed by atoms with E-state index >= 15 is 0 Å². The fourth-order valence-electron chi connectivity index (χ4n) is 1.30. The van der Waals surface area contributed by atoms with E-state index in [1.165, 1.54) is 13.2 Å². The molecule has 1 aromatic rings. The topological polar surface area (TPSA) is 43.4 Å². The van der Waals surface area contributed by atoms with Gasteiger partial charge in [-0.05, 0) is 18.2 Å². The molecular formula is C13H15ClO3. The number of ether oxygens (including phenoxy) is 1. The Morgan fingerprint density at radius 2 is 2.00 bits per heavy atom. The molecule has 0 radical (unpaired) electrons. The van der Waals surface area contributed by atoms with Gasteiger partial charge in [-0.25, -0.2) is 0 Å². The molecule has 0 aromatic heterocycles.